The minimum Gasteiger partial charge on any atom is -0.331 e. The SMILES string of the molecule is Cc1cnc(NC(=O)c2ccc3c(c2)ncn3CCCN)s1. The summed E-state index contributed by atoms with van der Waals surface area (Å²) >= 11 is 1.45. The molecule has 3 aromatic rings. The van der Waals surface area contributed by atoms with E-state index in [1.165, 1.54) is 11.3 Å². The molecule has 114 valence electrons. The Morgan fingerprint density at radius 1 is 1.41 bits per heavy atom. The summed E-state index contributed by atoms with van der Waals surface area (Å²) in [7, 11) is 0. The molecule has 0 bridgehead atoms. The molecule has 2 heterocycles. The predicted molar refractivity (Wildman–Crippen MR) is 88.2 cm³/mol. The summed E-state index contributed by atoms with van der Waals surface area (Å²) in [6, 6.07) is 5.52. The maximum atomic E-state index is 12.3. The average Bonchev–Trinajstić information content (AvgIpc) is 3.10. The van der Waals surface area contributed by atoms with Crippen LogP contribution in [0.2, 0.25) is 0 Å². The fourth-order valence-electron chi connectivity index (χ4n) is 2.23. The number of nitrogens with one attached hydrogen (secondary N) is 1. The summed E-state index contributed by atoms with van der Waals surface area (Å²) in [5.74, 6) is -0.173. The van der Waals surface area contributed by atoms with Crippen molar-refractivity contribution in [1.82, 2.24) is 14.5 Å². The highest BCUT2D eigenvalue weighted by molar-refractivity contribution is 7.15. The normalized spacial score (nSPS) is 11.0. The third-order valence-electron chi connectivity index (χ3n) is 3.33. The summed E-state index contributed by atoms with van der Waals surface area (Å²) in [4.78, 5) is 21.8. The lowest BCUT2D eigenvalue weighted by atomic mass is 10.2. The van der Waals surface area contributed by atoms with Gasteiger partial charge in [0.15, 0.2) is 5.13 Å². The Labute approximate surface area is 132 Å². The van der Waals surface area contributed by atoms with Gasteiger partial charge in [-0.05, 0) is 38.1 Å². The van der Waals surface area contributed by atoms with Crippen molar-refractivity contribution in [3.05, 3.63) is 41.2 Å². The highest BCUT2D eigenvalue weighted by Gasteiger charge is 2.11. The third-order valence-corrected chi connectivity index (χ3v) is 4.16. The molecule has 2 aromatic heterocycles. The van der Waals surface area contributed by atoms with E-state index in [0.717, 1.165) is 28.9 Å². The minimum absolute atomic E-state index is 0.173. The second-order valence-electron chi connectivity index (χ2n) is 5.01. The Kier molecular flexibility index (Phi) is 4.17. The van der Waals surface area contributed by atoms with Gasteiger partial charge in [-0.25, -0.2) is 9.97 Å². The van der Waals surface area contributed by atoms with Crippen LogP contribution in [0.4, 0.5) is 5.13 Å². The molecule has 3 N–H and O–H groups in total. The molecule has 1 amide bonds. The lowest BCUT2D eigenvalue weighted by Crippen LogP contribution is -2.11. The van der Waals surface area contributed by atoms with Gasteiger partial charge in [-0.15, -0.1) is 11.3 Å². The van der Waals surface area contributed by atoms with Crippen LogP contribution in [0.5, 0.6) is 0 Å². The Balaban J connectivity index is 1.81. The summed E-state index contributed by atoms with van der Waals surface area (Å²) < 4.78 is 2.05. The highest BCUT2D eigenvalue weighted by atomic mass is 32.1. The second-order valence-corrected chi connectivity index (χ2v) is 6.25. The van der Waals surface area contributed by atoms with Crippen molar-refractivity contribution in [2.75, 3.05) is 11.9 Å². The van der Waals surface area contributed by atoms with E-state index in [1.54, 1.807) is 24.7 Å². The zero-order valence-corrected chi connectivity index (χ0v) is 13.1. The standard InChI is InChI=1S/C15H17N5OS/c1-10-8-17-15(22-10)19-14(21)11-3-4-13-12(7-11)18-9-20(13)6-2-5-16/h3-4,7-9H,2,5-6,16H2,1H3,(H,17,19,21). The second kappa shape index (κ2) is 6.25. The number of rotatable bonds is 5. The number of hydrogen-bond donors (Lipinski definition) is 2. The van der Waals surface area contributed by atoms with Crippen LogP contribution in [0.15, 0.2) is 30.7 Å². The Morgan fingerprint density at radius 2 is 2.27 bits per heavy atom. The van der Waals surface area contributed by atoms with Crippen LogP contribution in [0, 0.1) is 6.92 Å². The number of amides is 1. The number of aryl methyl sites for hydroxylation is 2. The number of hydrogen-bond acceptors (Lipinski definition) is 5. The molecule has 6 nitrogen and oxygen atoms in total. The van der Waals surface area contributed by atoms with Crippen LogP contribution in [0.3, 0.4) is 0 Å². The van der Waals surface area contributed by atoms with E-state index >= 15 is 0 Å². The zero-order chi connectivity index (χ0) is 15.5. The lowest BCUT2D eigenvalue weighted by Gasteiger charge is -2.04. The molecule has 0 fully saturated rings. The van der Waals surface area contributed by atoms with E-state index in [-0.39, 0.29) is 5.91 Å². The Morgan fingerprint density at radius 3 is 3.00 bits per heavy atom. The monoisotopic (exact) mass is 315 g/mol. The first-order chi connectivity index (χ1) is 10.7. The van der Waals surface area contributed by atoms with E-state index in [4.69, 9.17) is 5.73 Å². The molecule has 0 aliphatic rings. The van der Waals surface area contributed by atoms with Gasteiger partial charge in [-0.2, -0.15) is 0 Å². The third kappa shape index (κ3) is 3.00. The zero-order valence-electron chi connectivity index (χ0n) is 12.2. The number of nitrogens with zero attached hydrogens (tertiary/aromatic N) is 3. The molecule has 3 rings (SSSR count). The van der Waals surface area contributed by atoms with Crippen LogP contribution < -0.4 is 11.1 Å². The summed E-state index contributed by atoms with van der Waals surface area (Å²) in [6.07, 6.45) is 4.42. The number of carbonyl (C=O) groups excluding carboxylic acids is 1. The van der Waals surface area contributed by atoms with Crippen LogP contribution >= 0.6 is 11.3 Å². The van der Waals surface area contributed by atoms with Gasteiger partial charge < -0.3 is 10.3 Å². The molecule has 0 radical (unpaired) electrons. The molecular weight excluding hydrogens is 298 g/mol. The number of carbonyl (C=O) groups is 1. The Bertz CT molecular complexity index is 807. The fourth-order valence-corrected chi connectivity index (χ4v) is 2.89. The molecule has 0 saturated heterocycles. The quantitative estimate of drug-likeness (QED) is 0.757. The fraction of sp³-hybridized carbons (Fsp3) is 0.267. The number of thiazole rings is 1. The van der Waals surface area contributed by atoms with Crippen molar-refractivity contribution in [2.24, 2.45) is 5.73 Å². The maximum absolute atomic E-state index is 12.3. The van der Waals surface area contributed by atoms with E-state index in [2.05, 4.69) is 15.3 Å². The van der Waals surface area contributed by atoms with Crippen LogP contribution in [0.1, 0.15) is 21.7 Å². The molecular formula is C15H17N5OS. The molecule has 0 saturated carbocycles. The van der Waals surface area contributed by atoms with Crippen LogP contribution in [-0.4, -0.2) is 27.0 Å². The van der Waals surface area contributed by atoms with Gasteiger partial charge in [0.25, 0.3) is 5.91 Å². The van der Waals surface area contributed by atoms with Crippen molar-refractivity contribution >= 4 is 33.4 Å². The predicted octanol–water partition coefficient (Wildman–Crippen LogP) is 2.40. The number of fused-ring (bicyclic) bond motifs is 1. The molecule has 0 aliphatic carbocycles. The topological polar surface area (TPSA) is 85.8 Å². The molecule has 0 aliphatic heterocycles. The van der Waals surface area contributed by atoms with Crippen LogP contribution in [0.25, 0.3) is 11.0 Å². The molecule has 1 aromatic carbocycles. The first kappa shape index (κ1) is 14.7. The highest BCUT2D eigenvalue weighted by Crippen LogP contribution is 2.19. The molecule has 0 spiro atoms. The van der Waals surface area contributed by atoms with Gasteiger partial charge in [0, 0.05) is 23.2 Å². The van der Waals surface area contributed by atoms with Gasteiger partial charge in [-0.1, -0.05) is 0 Å². The van der Waals surface area contributed by atoms with Gasteiger partial charge >= 0.3 is 0 Å². The Hall–Kier alpha value is -2.25. The largest absolute Gasteiger partial charge is 0.331 e. The first-order valence-corrected chi connectivity index (χ1v) is 7.88. The number of anilines is 1. The summed E-state index contributed by atoms with van der Waals surface area (Å²) in [6.45, 7) is 3.43. The molecule has 7 heteroatoms. The van der Waals surface area contributed by atoms with E-state index < -0.39 is 0 Å². The number of benzene rings is 1. The average molecular weight is 315 g/mol. The summed E-state index contributed by atoms with van der Waals surface area (Å²) in [5.41, 5.74) is 7.92. The number of aromatic nitrogens is 3. The smallest absolute Gasteiger partial charge is 0.257 e. The van der Waals surface area contributed by atoms with Gasteiger partial charge in [0.2, 0.25) is 0 Å². The minimum atomic E-state index is -0.173. The molecule has 0 unspecified atom stereocenters. The van der Waals surface area contributed by atoms with E-state index in [0.29, 0.717) is 17.2 Å². The van der Waals surface area contributed by atoms with Gasteiger partial charge in [-0.3, -0.25) is 10.1 Å². The van der Waals surface area contributed by atoms with Crippen LogP contribution in [-0.2, 0) is 6.54 Å². The van der Waals surface area contributed by atoms with E-state index in [9.17, 15) is 4.79 Å². The lowest BCUT2D eigenvalue weighted by molar-refractivity contribution is 0.102. The molecule has 22 heavy (non-hydrogen) atoms. The number of imidazole rings is 1. The van der Waals surface area contributed by atoms with E-state index in [1.807, 2.05) is 17.6 Å². The van der Waals surface area contributed by atoms with Gasteiger partial charge in [0.1, 0.15) is 0 Å². The van der Waals surface area contributed by atoms with Crippen molar-refractivity contribution in [2.45, 2.75) is 19.9 Å². The van der Waals surface area contributed by atoms with Crippen molar-refractivity contribution in [3.63, 3.8) is 0 Å². The molecule has 0 atom stereocenters. The van der Waals surface area contributed by atoms with Crippen molar-refractivity contribution in [3.8, 4) is 0 Å². The first-order valence-electron chi connectivity index (χ1n) is 7.06. The van der Waals surface area contributed by atoms with Crippen molar-refractivity contribution < 1.29 is 4.79 Å². The van der Waals surface area contributed by atoms with Gasteiger partial charge in [0.05, 0.1) is 17.4 Å². The van der Waals surface area contributed by atoms with Crippen molar-refractivity contribution in [1.29, 1.82) is 0 Å². The maximum Gasteiger partial charge on any atom is 0.257 e. The number of nitrogens with two attached hydrogens (primary N) is 1. The summed E-state index contributed by atoms with van der Waals surface area (Å²) in [5, 5.41) is 3.41.